The van der Waals surface area contributed by atoms with Crippen molar-refractivity contribution in [1.82, 2.24) is 4.57 Å². The van der Waals surface area contributed by atoms with Crippen LogP contribution in [0, 0.1) is 10.1 Å². The Balaban J connectivity index is 1.79. The lowest BCUT2D eigenvalue weighted by Gasteiger charge is -2.42. The minimum atomic E-state index is -2.62. The third-order valence-electron chi connectivity index (χ3n) is 5.22. The highest BCUT2D eigenvalue weighted by Gasteiger charge is 2.72. The summed E-state index contributed by atoms with van der Waals surface area (Å²) in [5.41, 5.74) is -2.83. The number of nitrogens with zero attached hydrogens (tertiary/aromatic N) is 2. The number of esters is 3. The van der Waals surface area contributed by atoms with E-state index in [1.54, 1.807) is 13.8 Å². The molecule has 3 aliphatic rings. The second kappa shape index (κ2) is 6.98. The molecular weight excluding hydrogens is 432 g/mol. The van der Waals surface area contributed by atoms with E-state index in [1.807, 2.05) is 0 Å². The SMILES string of the molecule is CC(=O)OC1([C@@H]2O[C@H](n3ccc([N+](=O)[O-])c3)[C@H]3OC(C)(C)O[C@H]32)C(=O)OC(C)(C)OC1=O. The van der Waals surface area contributed by atoms with Crippen LogP contribution in [0.3, 0.4) is 0 Å². The first-order valence-electron chi connectivity index (χ1n) is 9.75. The maximum Gasteiger partial charge on any atom is 0.368 e. The van der Waals surface area contributed by atoms with Gasteiger partial charge in [0.25, 0.3) is 11.5 Å². The normalized spacial score (nSPS) is 32.0. The molecule has 4 rings (SSSR count). The van der Waals surface area contributed by atoms with Gasteiger partial charge >= 0.3 is 23.5 Å². The molecule has 1 aromatic rings. The zero-order valence-electron chi connectivity index (χ0n) is 17.9. The van der Waals surface area contributed by atoms with Crippen molar-refractivity contribution in [3.05, 3.63) is 28.6 Å². The van der Waals surface area contributed by atoms with Gasteiger partial charge < -0.3 is 33.0 Å². The Morgan fingerprint density at radius 2 is 1.69 bits per heavy atom. The number of fused-ring (bicyclic) bond motifs is 1. The Kier molecular flexibility index (Phi) is 4.84. The number of ether oxygens (including phenoxy) is 6. The third kappa shape index (κ3) is 3.42. The summed E-state index contributed by atoms with van der Waals surface area (Å²) in [6, 6.07) is 1.25. The molecule has 0 aromatic carbocycles. The molecule has 0 unspecified atom stereocenters. The Labute approximate surface area is 181 Å². The second-order valence-corrected chi connectivity index (χ2v) is 8.59. The summed E-state index contributed by atoms with van der Waals surface area (Å²) < 4.78 is 34.8. The Morgan fingerprint density at radius 1 is 1.09 bits per heavy atom. The van der Waals surface area contributed by atoms with Gasteiger partial charge in [-0.05, 0) is 13.8 Å². The molecule has 0 amide bonds. The van der Waals surface area contributed by atoms with E-state index in [4.69, 9.17) is 28.4 Å². The molecule has 13 nitrogen and oxygen atoms in total. The molecule has 0 bridgehead atoms. The van der Waals surface area contributed by atoms with Gasteiger partial charge in [0.15, 0.2) is 18.1 Å². The predicted molar refractivity (Wildman–Crippen MR) is 99.6 cm³/mol. The molecule has 3 saturated heterocycles. The van der Waals surface area contributed by atoms with Crippen LogP contribution in [0.1, 0.15) is 40.8 Å². The monoisotopic (exact) mass is 454 g/mol. The van der Waals surface area contributed by atoms with E-state index in [1.165, 1.54) is 36.9 Å². The average molecular weight is 454 g/mol. The van der Waals surface area contributed by atoms with Crippen molar-refractivity contribution in [2.24, 2.45) is 0 Å². The van der Waals surface area contributed by atoms with Crippen LogP contribution in [0.25, 0.3) is 0 Å². The smallest absolute Gasteiger partial charge is 0.368 e. The fourth-order valence-electron chi connectivity index (χ4n) is 4.11. The first-order valence-corrected chi connectivity index (χ1v) is 9.75. The summed E-state index contributed by atoms with van der Waals surface area (Å²) in [5, 5.41) is 11.1. The lowest BCUT2D eigenvalue weighted by molar-refractivity contribution is -0.385. The molecule has 0 spiro atoms. The quantitative estimate of drug-likeness (QED) is 0.276. The van der Waals surface area contributed by atoms with Crippen molar-refractivity contribution in [1.29, 1.82) is 0 Å². The molecule has 13 heteroatoms. The summed E-state index contributed by atoms with van der Waals surface area (Å²) in [7, 11) is 0. The van der Waals surface area contributed by atoms with Crippen molar-refractivity contribution in [2.75, 3.05) is 0 Å². The van der Waals surface area contributed by atoms with Gasteiger partial charge in [0.05, 0.1) is 11.1 Å². The average Bonchev–Trinajstić information content (AvgIpc) is 3.30. The highest BCUT2D eigenvalue weighted by Crippen LogP contribution is 2.49. The molecule has 4 heterocycles. The third-order valence-corrected chi connectivity index (χ3v) is 5.22. The van der Waals surface area contributed by atoms with E-state index >= 15 is 0 Å². The fourth-order valence-corrected chi connectivity index (χ4v) is 4.11. The van der Waals surface area contributed by atoms with Crippen LogP contribution >= 0.6 is 0 Å². The van der Waals surface area contributed by atoms with Gasteiger partial charge in [-0.1, -0.05) is 0 Å². The van der Waals surface area contributed by atoms with E-state index in [0.29, 0.717) is 0 Å². The summed E-state index contributed by atoms with van der Waals surface area (Å²) in [6.07, 6.45) is -1.99. The number of aromatic nitrogens is 1. The van der Waals surface area contributed by atoms with Crippen LogP contribution in [0.5, 0.6) is 0 Å². The van der Waals surface area contributed by atoms with Crippen LogP contribution in [0.2, 0.25) is 0 Å². The maximum absolute atomic E-state index is 13.1. The Bertz CT molecular complexity index is 977. The van der Waals surface area contributed by atoms with E-state index < -0.39 is 64.5 Å². The van der Waals surface area contributed by atoms with Crippen LogP contribution in [-0.4, -0.2) is 62.9 Å². The number of cyclic esters (lactones) is 2. The van der Waals surface area contributed by atoms with Crippen molar-refractivity contribution >= 4 is 23.6 Å². The van der Waals surface area contributed by atoms with Crippen LogP contribution in [-0.2, 0) is 42.8 Å². The van der Waals surface area contributed by atoms with Gasteiger partial charge in [0.1, 0.15) is 12.2 Å². The number of carbonyl (C=O) groups is 3. The number of nitro groups is 1. The molecule has 1 aromatic heterocycles. The van der Waals surface area contributed by atoms with Gasteiger partial charge in [-0.25, -0.2) is 9.59 Å². The number of hydrogen-bond acceptors (Lipinski definition) is 11. The van der Waals surface area contributed by atoms with Gasteiger partial charge in [0.2, 0.25) is 0 Å². The first-order chi connectivity index (χ1) is 14.8. The van der Waals surface area contributed by atoms with E-state index in [0.717, 1.165) is 6.92 Å². The number of rotatable bonds is 4. The van der Waals surface area contributed by atoms with E-state index in [-0.39, 0.29) is 5.69 Å². The molecule has 0 N–H and O–H groups in total. The molecular formula is C19H22N2O11. The lowest BCUT2D eigenvalue weighted by Crippen LogP contribution is -2.68. The minimum absolute atomic E-state index is 0.209. The fraction of sp³-hybridized carbons (Fsp3) is 0.632. The Morgan fingerprint density at radius 3 is 2.22 bits per heavy atom. The zero-order valence-corrected chi connectivity index (χ0v) is 17.9. The van der Waals surface area contributed by atoms with Gasteiger partial charge in [-0.15, -0.1) is 0 Å². The lowest BCUT2D eigenvalue weighted by atomic mass is 9.90. The second-order valence-electron chi connectivity index (χ2n) is 8.59. The molecule has 0 saturated carbocycles. The predicted octanol–water partition coefficient (Wildman–Crippen LogP) is 0.952. The van der Waals surface area contributed by atoms with E-state index in [2.05, 4.69) is 0 Å². The van der Waals surface area contributed by atoms with Gasteiger partial charge in [-0.3, -0.25) is 14.9 Å². The topological polar surface area (TPSA) is 155 Å². The van der Waals surface area contributed by atoms with Crippen molar-refractivity contribution in [3.8, 4) is 0 Å². The van der Waals surface area contributed by atoms with E-state index in [9.17, 15) is 24.5 Å². The van der Waals surface area contributed by atoms with Crippen molar-refractivity contribution in [3.63, 3.8) is 0 Å². The van der Waals surface area contributed by atoms with Crippen LogP contribution in [0.15, 0.2) is 18.5 Å². The molecule has 0 aliphatic carbocycles. The molecule has 3 aliphatic heterocycles. The maximum atomic E-state index is 13.1. The molecule has 174 valence electrons. The number of hydrogen-bond donors (Lipinski definition) is 0. The first kappa shape index (κ1) is 22.2. The highest BCUT2D eigenvalue weighted by molar-refractivity contribution is 6.07. The summed E-state index contributed by atoms with van der Waals surface area (Å²) in [5.74, 6) is -6.09. The standard InChI is InChI=1S/C19H22N2O11/c1-9(22)28-19(15(23)31-18(4,5)32-16(19)24)13-11-12(30-17(2,3)29-11)14(27-13)20-7-6-10(8-20)21(25)26/h6-8,11-14H,1-5H3/t11-,12+,13-,14+/m1/s1. The summed E-state index contributed by atoms with van der Waals surface area (Å²) in [6.45, 7) is 6.92. The van der Waals surface area contributed by atoms with Gasteiger partial charge in [-0.2, -0.15) is 0 Å². The molecule has 32 heavy (non-hydrogen) atoms. The molecule has 3 fully saturated rings. The number of carbonyl (C=O) groups excluding carboxylic acids is 3. The zero-order chi connectivity index (χ0) is 23.6. The minimum Gasteiger partial charge on any atom is -0.432 e. The summed E-state index contributed by atoms with van der Waals surface area (Å²) >= 11 is 0. The van der Waals surface area contributed by atoms with Crippen LogP contribution in [0.4, 0.5) is 5.69 Å². The van der Waals surface area contributed by atoms with Crippen molar-refractivity contribution in [2.45, 2.75) is 76.3 Å². The largest absolute Gasteiger partial charge is 0.432 e. The van der Waals surface area contributed by atoms with Gasteiger partial charge in [0, 0.05) is 33.0 Å². The molecule has 0 radical (unpaired) electrons. The van der Waals surface area contributed by atoms with Crippen LogP contribution < -0.4 is 0 Å². The Hall–Kier alpha value is -3.03. The highest BCUT2D eigenvalue weighted by atomic mass is 16.8. The molecule has 4 atom stereocenters. The van der Waals surface area contributed by atoms with Crippen molar-refractivity contribution < 1.29 is 47.7 Å². The summed E-state index contributed by atoms with van der Waals surface area (Å²) in [4.78, 5) is 48.6.